The summed E-state index contributed by atoms with van der Waals surface area (Å²) in [6, 6.07) is 13.8. The SMILES string of the molecule is O=C(O)c1coc(CN2CCN(C(=O)C=C(c3ccccc3)c3ccc(C(F)(F)F)cc3)CC2)n1. The van der Waals surface area contributed by atoms with Crippen molar-refractivity contribution in [2.24, 2.45) is 0 Å². The zero-order chi connectivity index (χ0) is 25.0. The van der Waals surface area contributed by atoms with E-state index in [0.29, 0.717) is 43.9 Å². The minimum absolute atomic E-state index is 0.157. The summed E-state index contributed by atoms with van der Waals surface area (Å²) in [5, 5.41) is 8.95. The quantitative estimate of drug-likeness (QED) is 0.528. The van der Waals surface area contributed by atoms with Crippen molar-refractivity contribution in [3.63, 3.8) is 0 Å². The number of aromatic carboxylic acids is 1. The molecule has 4 rings (SSSR count). The number of benzene rings is 2. The first-order valence-electron chi connectivity index (χ1n) is 10.8. The monoisotopic (exact) mass is 485 g/mol. The maximum absolute atomic E-state index is 13.1. The highest BCUT2D eigenvalue weighted by Crippen LogP contribution is 2.31. The lowest BCUT2D eigenvalue weighted by molar-refractivity contribution is -0.137. The van der Waals surface area contributed by atoms with Crippen LogP contribution < -0.4 is 0 Å². The summed E-state index contributed by atoms with van der Waals surface area (Å²) in [4.78, 5) is 31.6. The predicted octanol–water partition coefficient (Wildman–Crippen LogP) is 4.17. The average molecular weight is 485 g/mol. The van der Waals surface area contributed by atoms with Crippen LogP contribution in [0.1, 0.15) is 33.1 Å². The Bertz CT molecular complexity index is 1210. The second-order valence-corrected chi connectivity index (χ2v) is 8.03. The Hall–Kier alpha value is -3.92. The smallest absolute Gasteiger partial charge is 0.416 e. The number of amides is 1. The van der Waals surface area contributed by atoms with E-state index in [4.69, 9.17) is 9.52 Å². The van der Waals surface area contributed by atoms with Crippen molar-refractivity contribution in [1.29, 1.82) is 0 Å². The van der Waals surface area contributed by atoms with E-state index in [9.17, 15) is 22.8 Å². The van der Waals surface area contributed by atoms with Crippen LogP contribution in [-0.4, -0.2) is 57.9 Å². The fraction of sp³-hybridized carbons (Fsp3) is 0.240. The van der Waals surface area contributed by atoms with E-state index < -0.39 is 17.7 Å². The van der Waals surface area contributed by atoms with E-state index in [1.165, 1.54) is 18.2 Å². The number of carbonyl (C=O) groups excluding carboxylic acids is 1. The van der Waals surface area contributed by atoms with Gasteiger partial charge in [0.25, 0.3) is 0 Å². The molecule has 1 N–H and O–H groups in total. The average Bonchev–Trinajstić information content (AvgIpc) is 3.32. The van der Waals surface area contributed by atoms with Gasteiger partial charge in [0.2, 0.25) is 11.8 Å². The normalized spacial score (nSPS) is 15.3. The number of rotatable bonds is 6. The molecule has 35 heavy (non-hydrogen) atoms. The first-order chi connectivity index (χ1) is 16.7. The van der Waals surface area contributed by atoms with Crippen LogP contribution in [0.2, 0.25) is 0 Å². The second kappa shape index (κ2) is 10.1. The molecule has 0 saturated carbocycles. The van der Waals surface area contributed by atoms with Gasteiger partial charge in [-0.15, -0.1) is 0 Å². The highest BCUT2D eigenvalue weighted by atomic mass is 19.4. The van der Waals surface area contributed by atoms with E-state index in [0.717, 1.165) is 24.0 Å². The molecule has 1 fully saturated rings. The molecule has 1 aromatic heterocycles. The molecule has 3 aromatic rings. The minimum atomic E-state index is -4.44. The van der Waals surface area contributed by atoms with E-state index in [2.05, 4.69) is 4.98 Å². The van der Waals surface area contributed by atoms with Gasteiger partial charge in [-0.2, -0.15) is 13.2 Å². The van der Waals surface area contributed by atoms with Crippen molar-refractivity contribution in [3.05, 3.63) is 95.2 Å². The predicted molar refractivity (Wildman–Crippen MR) is 120 cm³/mol. The topological polar surface area (TPSA) is 86.9 Å². The fourth-order valence-corrected chi connectivity index (χ4v) is 3.80. The van der Waals surface area contributed by atoms with Gasteiger partial charge < -0.3 is 14.4 Å². The van der Waals surface area contributed by atoms with E-state index in [-0.39, 0.29) is 17.5 Å². The Morgan fingerprint density at radius 3 is 2.17 bits per heavy atom. The Kier molecular flexibility index (Phi) is 7.02. The van der Waals surface area contributed by atoms with Gasteiger partial charge in [-0.25, -0.2) is 9.78 Å². The fourth-order valence-electron chi connectivity index (χ4n) is 3.80. The van der Waals surface area contributed by atoms with Crippen LogP contribution in [0, 0.1) is 0 Å². The minimum Gasteiger partial charge on any atom is -0.476 e. The molecule has 1 aliphatic heterocycles. The van der Waals surface area contributed by atoms with Gasteiger partial charge in [0, 0.05) is 32.3 Å². The van der Waals surface area contributed by atoms with Gasteiger partial charge in [-0.3, -0.25) is 9.69 Å². The molecule has 1 aliphatic rings. The maximum Gasteiger partial charge on any atom is 0.416 e. The number of hydrogen-bond acceptors (Lipinski definition) is 5. The molecule has 0 unspecified atom stereocenters. The molecule has 2 aromatic carbocycles. The molecule has 0 radical (unpaired) electrons. The lowest BCUT2D eigenvalue weighted by Gasteiger charge is -2.33. The molecule has 2 heterocycles. The van der Waals surface area contributed by atoms with Crippen molar-refractivity contribution < 1.29 is 32.3 Å². The molecule has 0 bridgehead atoms. The molecule has 7 nitrogen and oxygen atoms in total. The summed E-state index contributed by atoms with van der Waals surface area (Å²) in [5.41, 5.74) is 0.854. The van der Waals surface area contributed by atoms with E-state index in [1.807, 2.05) is 11.0 Å². The van der Waals surface area contributed by atoms with Gasteiger partial charge in [0.1, 0.15) is 6.26 Å². The number of piperazine rings is 1. The second-order valence-electron chi connectivity index (χ2n) is 8.03. The number of halogens is 3. The number of carboxylic acids is 1. The molecule has 182 valence electrons. The lowest BCUT2D eigenvalue weighted by atomic mass is 9.96. The van der Waals surface area contributed by atoms with Gasteiger partial charge in [0.05, 0.1) is 12.1 Å². The molecule has 0 atom stereocenters. The van der Waals surface area contributed by atoms with Gasteiger partial charge in [0.15, 0.2) is 5.69 Å². The van der Waals surface area contributed by atoms with E-state index >= 15 is 0 Å². The number of oxazole rings is 1. The van der Waals surface area contributed by atoms with Crippen molar-refractivity contribution in [2.45, 2.75) is 12.7 Å². The van der Waals surface area contributed by atoms with Gasteiger partial charge >= 0.3 is 12.1 Å². The standard InChI is InChI=1S/C25H22F3N3O4/c26-25(27,28)19-8-6-18(7-9-19)20(17-4-2-1-3-5-17)14-23(32)31-12-10-30(11-13-31)15-22-29-21(16-35-22)24(33)34/h1-9,14,16H,10-13,15H2,(H,33,34). The lowest BCUT2D eigenvalue weighted by Crippen LogP contribution is -2.47. The van der Waals surface area contributed by atoms with E-state index in [1.54, 1.807) is 29.2 Å². The van der Waals surface area contributed by atoms with Crippen LogP contribution in [-0.2, 0) is 17.5 Å². The molecule has 0 spiro atoms. The maximum atomic E-state index is 13.1. The highest BCUT2D eigenvalue weighted by Gasteiger charge is 2.30. The summed E-state index contributed by atoms with van der Waals surface area (Å²) in [6.07, 6.45) is -1.89. The summed E-state index contributed by atoms with van der Waals surface area (Å²) in [5.74, 6) is -1.12. The number of carboxylic acid groups (broad SMARTS) is 1. The Morgan fingerprint density at radius 2 is 1.60 bits per heavy atom. The zero-order valence-corrected chi connectivity index (χ0v) is 18.5. The van der Waals surface area contributed by atoms with Crippen molar-refractivity contribution >= 4 is 17.4 Å². The van der Waals surface area contributed by atoms with Crippen molar-refractivity contribution in [1.82, 2.24) is 14.8 Å². The number of hydrogen-bond donors (Lipinski definition) is 1. The Labute approximate surface area is 199 Å². The third-order valence-electron chi connectivity index (χ3n) is 5.69. The summed E-state index contributed by atoms with van der Waals surface area (Å²) in [6.45, 7) is 2.25. The van der Waals surface area contributed by atoms with Gasteiger partial charge in [-0.05, 0) is 28.8 Å². The highest BCUT2D eigenvalue weighted by molar-refractivity contribution is 5.99. The third kappa shape index (κ3) is 5.96. The number of nitrogens with zero attached hydrogens (tertiary/aromatic N) is 3. The molecule has 1 saturated heterocycles. The molecule has 1 amide bonds. The largest absolute Gasteiger partial charge is 0.476 e. The summed E-state index contributed by atoms with van der Waals surface area (Å²) in [7, 11) is 0. The van der Waals surface area contributed by atoms with Crippen molar-refractivity contribution in [3.8, 4) is 0 Å². The third-order valence-corrected chi connectivity index (χ3v) is 5.69. The van der Waals surface area contributed by atoms with Crippen LogP contribution in [0.15, 0.2) is 71.4 Å². The number of alkyl halides is 3. The number of carbonyl (C=O) groups is 2. The summed E-state index contributed by atoms with van der Waals surface area (Å²) >= 11 is 0. The number of aromatic nitrogens is 1. The molecule has 10 heteroatoms. The van der Waals surface area contributed by atoms with Crippen molar-refractivity contribution in [2.75, 3.05) is 26.2 Å². The Balaban J connectivity index is 1.47. The van der Waals surface area contributed by atoms with Crippen LogP contribution in [0.25, 0.3) is 5.57 Å². The van der Waals surface area contributed by atoms with Crippen LogP contribution >= 0.6 is 0 Å². The Morgan fingerprint density at radius 1 is 0.971 bits per heavy atom. The first kappa shape index (κ1) is 24.2. The zero-order valence-electron chi connectivity index (χ0n) is 18.5. The summed E-state index contributed by atoms with van der Waals surface area (Å²) < 4.78 is 44.2. The first-order valence-corrected chi connectivity index (χ1v) is 10.8. The molecular formula is C25H22F3N3O4. The van der Waals surface area contributed by atoms with Crippen LogP contribution in [0.5, 0.6) is 0 Å². The molecular weight excluding hydrogens is 463 g/mol. The van der Waals surface area contributed by atoms with Crippen LogP contribution in [0.3, 0.4) is 0 Å². The van der Waals surface area contributed by atoms with Crippen LogP contribution in [0.4, 0.5) is 13.2 Å². The van der Waals surface area contributed by atoms with Gasteiger partial charge in [-0.1, -0.05) is 42.5 Å². The molecule has 0 aliphatic carbocycles.